The molecule has 3 N–H and O–H groups in total. The molecule has 130 valence electrons. The smallest absolute Gasteiger partial charge is 0.252 e. The Morgan fingerprint density at radius 2 is 2.20 bits per heavy atom. The summed E-state index contributed by atoms with van der Waals surface area (Å²) < 4.78 is 7.35. The summed E-state index contributed by atoms with van der Waals surface area (Å²) in [4.78, 5) is 16.2. The van der Waals surface area contributed by atoms with Crippen LogP contribution in [0.25, 0.3) is 11.0 Å². The molecule has 0 aliphatic carbocycles. The topological polar surface area (TPSA) is 95.1 Å². The maximum atomic E-state index is 11.9. The van der Waals surface area contributed by atoms with Crippen LogP contribution in [0.2, 0.25) is 0 Å². The number of aryl methyl sites for hydroxylation is 2. The van der Waals surface area contributed by atoms with E-state index in [1.807, 2.05) is 38.2 Å². The number of rotatable bonds is 6. The van der Waals surface area contributed by atoms with Gasteiger partial charge < -0.3 is 15.8 Å². The van der Waals surface area contributed by atoms with Gasteiger partial charge in [-0.05, 0) is 25.5 Å². The zero-order chi connectivity index (χ0) is 18.0. The zero-order valence-corrected chi connectivity index (χ0v) is 14.5. The first-order valence-electron chi connectivity index (χ1n) is 8.13. The molecule has 0 saturated heterocycles. The number of fused-ring (bicyclic) bond motifs is 1. The van der Waals surface area contributed by atoms with E-state index < -0.39 is 5.91 Å². The van der Waals surface area contributed by atoms with Crippen LogP contribution in [0.15, 0.2) is 30.5 Å². The van der Waals surface area contributed by atoms with Crippen molar-refractivity contribution in [3.05, 3.63) is 41.7 Å². The lowest BCUT2D eigenvalue weighted by molar-refractivity contribution is 0.100. The van der Waals surface area contributed by atoms with E-state index >= 15 is 0 Å². The molecule has 1 aromatic carbocycles. The summed E-state index contributed by atoms with van der Waals surface area (Å²) in [7, 11) is 1.81. The summed E-state index contributed by atoms with van der Waals surface area (Å²) in [6.45, 7) is 4.58. The number of carbonyl (C=O) groups is 1. The molecule has 3 rings (SSSR count). The van der Waals surface area contributed by atoms with Crippen LogP contribution in [0.4, 0.5) is 11.4 Å². The van der Waals surface area contributed by atoms with Crippen molar-refractivity contribution in [2.75, 3.05) is 11.9 Å². The van der Waals surface area contributed by atoms with Crippen molar-refractivity contribution in [1.82, 2.24) is 14.8 Å². The second kappa shape index (κ2) is 6.80. The number of benzene rings is 1. The van der Waals surface area contributed by atoms with Crippen LogP contribution in [-0.4, -0.2) is 27.3 Å². The molecule has 0 aliphatic heterocycles. The maximum absolute atomic E-state index is 11.9. The Kier molecular flexibility index (Phi) is 4.56. The Labute approximate surface area is 145 Å². The fourth-order valence-electron chi connectivity index (χ4n) is 2.76. The fraction of sp³-hybridized carbons (Fsp3) is 0.278. The minimum atomic E-state index is -0.543. The van der Waals surface area contributed by atoms with E-state index in [0.717, 1.165) is 28.9 Å². The quantitative estimate of drug-likeness (QED) is 0.720. The number of pyridine rings is 1. The number of hydrogen-bond acceptors (Lipinski definition) is 5. The van der Waals surface area contributed by atoms with E-state index in [1.54, 1.807) is 4.68 Å². The normalized spacial score (nSPS) is 10.8. The number of nitrogens with one attached hydrogen (secondary N) is 1. The summed E-state index contributed by atoms with van der Waals surface area (Å²) >= 11 is 0. The van der Waals surface area contributed by atoms with E-state index in [1.165, 1.54) is 6.20 Å². The van der Waals surface area contributed by atoms with Gasteiger partial charge in [0.2, 0.25) is 0 Å². The summed E-state index contributed by atoms with van der Waals surface area (Å²) in [6, 6.07) is 7.58. The average Bonchev–Trinajstić information content (AvgIpc) is 2.88. The Hall–Kier alpha value is -3.09. The van der Waals surface area contributed by atoms with Crippen LogP contribution in [0, 0.1) is 6.92 Å². The zero-order valence-electron chi connectivity index (χ0n) is 14.5. The fourth-order valence-corrected chi connectivity index (χ4v) is 2.76. The number of aromatic nitrogens is 3. The van der Waals surface area contributed by atoms with Crippen molar-refractivity contribution in [3.8, 4) is 5.75 Å². The molecule has 7 heteroatoms. The molecule has 0 spiro atoms. The highest BCUT2D eigenvalue weighted by molar-refractivity contribution is 6.07. The molecule has 7 nitrogen and oxygen atoms in total. The van der Waals surface area contributed by atoms with E-state index in [4.69, 9.17) is 10.5 Å². The van der Waals surface area contributed by atoms with Gasteiger partial charge in [0.05, 0.1) is 28.9 Å². The van der Waals surface area contributed by atoms with E-state index in [0.29, 0.717) is 23.5 Å². The highest BCUT2D eigenvalue weighted by Gasteiger charge is 2.18. The maximum Gasteiger partial charge on any atom is 0.252 e. The van der Waals surface area contributed by atoms with Crippen LogP contribution in [-0.2, 0) is 7.05 Å². The van der Waals surface area contributed by atoms with E-state index in [-0.39, 0.29) is 0 Å². The Balaban J connectivity index is 2.08. The third-order valence-electron chi connectivity index (χ3n) is 3.87. The molecule has 0 unspecified atom stereocenters. The van der Waals surface area contributed by atoms with E-state index in [9.17, 15) is 4.79 Å². The van der Waals surface area contributed by atoms with Gasteiger partial charge in [-0.1, -0.05) is 13.0 Å². The second-order valence-electron chi connectivity index (χ2n) is 5.82. The SMILES string of the molecule is CCCOc1cccc(Nc2c(C(N)=O)cnc3c2c(C)nn3C)c1. The molecule has 0 fully saturated rings. The van der Waals surface area contributed by atoms with Gasteiger partial charge in [-0.3, -0.25) is 9.48 Å². The van der Waals surface area contributed by atoms with Crippen LogP contribution < -0.4 is 15.8 Å². The molecule has 0 atom stereocenters. The third-order valence-corrected chi connectivity index (χ3v) is 3.87. The minimum absolute atomic E-state index is 0.323. The lowest BCUT2D eigenvalue weighted by Gasteiger charge is -2.13. The van der Waals surface area contributed by atoms with Crippen molar-refractivity contribution in [2.45, 2.75) is 20.3 Å². The number of carbonyl (C=O) groups excluding carboxylic acids is 1. The van der Waals surface area contributed by atoms with Gasteiger partial charge in [0.15, 0.2) is 5.65 Å². The molecule has 1 amide bonds. The number of anilines is 2. The van der Waals surface area contributed by atoms with Crippen molar-refractivity contribution < 1.29 is 9.53 Å². The predicted molar refractivity (Wildman–Crippen MR) is 97.3 cm³/mol. The molecule has 25 heavy (non-hydrogen) atoms. The van der Waals surface area contributed by atoms with Gasteiger partial charge in [-0.15, -0.1) is 0 Å². The first kappa shape index (κ1) is 16.8. The van der Waals surface area contributed by atoms with E-state index in [2.05, 4.69) is 22.3 Å². The Morgan fingerprint density at radius 3 is 2.92 bits per heavy atom. The van der Waals surface area contributed by atoms with Gasteiger partial charge in [0.1, 0.15) is 5.75 Å². The third kappa shape index (κ3) is 3.26. The average molecular weight is 339 g/mol. The van der Waals surface area contributed by atoms with Gasteiger partial charge in [-0.2, -0.15) is 5.10 Å². The number of primary amides is 1. The standard InChI is InChI=1S/C18H21N5O2/c1-4-8-25-13-7-5-6-12(9-13)21-16-14(17(19)24)10-20-18-15(16)11(2)22-23(18)3/h5-7,9-10H,4,8H2,1-3H3,(H2,19,24)(H,20,21). The van der Waals surface area contributed by atoms with Crippen molar-refractivity contribution in [2.24, 2.45) is 12.8 Å². The molecule has 2 aromatic heterocycles. The Morgan fingerprint density at radius 1 is 1.40 bits per heavy atom. The van der Waals surface area contributed by atoms with Gasteiger partial charge >= 0.3 is 0 Å². The molecule has 0 aliphatic rings. The lowest BCUT2D eigenvalue weighted by atomic mass is 10.1. The van der Waals surface area contributed by atoms with Crippen LogP contribution in [0.1, 0.15) is 29.4 Å². The molecule has 0 bridgehead atoms. The molecular weight excluding hydrogens is 318 g/mol. The molecular formula is C18H21N5O2. The molecule has 0 saturated carbocycles. The number of nitrogens with zero attached hydrogens (tertiary/aromatic N) is 3. The summed E-state index contributed by atoms with van der Waals surface area (Å²) in [6.07, 6.45) is 2.41. The van der Waals surface area contributed by atoms with Crippen molar-refractivity contribution in [1.29, 1.82) is 0 Å². The molecule has 0 radical (unpaired) electrons. The lowest BCUT2D eigenvalue weighted by Crippen LogP contribution is -2.14. The van der Waals surface area contributed by atoms with Crippen molar-refractivity contribution >= 4 is 28.3 Å². The van der Waals surface area contributed by atoms with Crippen molar-refractivity contribution in [3.63, 3.8) is 0 Å². The van der Waals surface area contributed by atoms with Crippen LogP contribution in [0.3, 0.4) is 0 Å². The van der Waals surface area contributed by atoms with Crippen LogP contribution in [0.5, 0.6) is 5.75 Å². The van der Waals surface area contributed by atoms with Gasteiger partial charge in [-0.25, -0.2) is 4.98 Å². The van der Waals surface area contributed by atoms with Crippen LogP contribution >= 0.6 is 0 Å². The summed E-state index contributed by atoms with van der Waals surface area (Å²) in [5.74, 6) is 0.222. The summed E-state index contributed by atoms with van der Waals surface area (Å²) in [5.41, 5.74) is 8.72. The highest BCUT2D eigenvalue weighted by Crippen LogP contribution is 2.32. The largest absolute Gasteiger partial charge is 0.494 e. The predicted octanol–water partition coefficient (Wildman–Crippen LogP) is 2.91. The second-order valence-corrected chi connectivity index (χ2v) is 5.82. The molecule has 2 heterocycles. The highest BCUT2D eigenvalue weighted by atomic mass is 16.5. The molecule has 3 aromatic rings. The number of hydrogen-bond donors (Lipinski definition) is 2. The number of ether oxygens (including phenoxy) is 1. The first-order valence-corrected chi connectivity index (χ1v) is 8.13. The summed E-state index contributed by atoms with van der Waals surface area (Å²) in [5, 5.41) is 8.46. The van der Waals surface area contributed by atoms with Gasteiger partial charge in [0.25, 0.3) is 5.91 Å². The minimum Gasteiger partial charge on any atom is -0.494 e. The van der Waals surface area contributed by atoms with Gasteiger partial charge in [0, 0.05) is 25.0 Å². The number of nitrogens with two attached hydrogens (primary N) is 1. The monoisotopic (exact) mass is 339 g/mol. The first-order chi connectivity index (χ1) is 12.0. The Bertz CT molecular complexity index is 933. The number of amides is 1.